The summed E-state index contributed by atoms with van der Waals surface area (Å²) in [6.45, 7) is 5.50. The van der Waals surface area contributed by atoms with Gasteiger partial charge < -0.3 is 20.0 Å². The summed E-state index contributed by atoms with van der Waals surface area (Å²) in [4.78, 5) is 21.4. The van der Waals surface area contributed by atoms with Gasteiger partial charge in [-0.1, -0.05) is 6.58 Å². The number of halogens is 1. The molecule has 5 nitrogen and oxygen atoms in total. The number of aliphatic hydroxyl groups excluding tert-OH is 1. The van der Waals surface area contributed by atoms with Gasteiger partial charge in [0, 0.05) is 18.7 Å². The number of aldehydes is 1. The van der Waals surface area contributed by atoms with Crippen LogP contribution in [-0.2, 0) is 14.3 Å². The molecule has 16 heavy (non-hydrogen) atoms. The Hall–Kier alpha value is -0.720. The van der Waals surface area contributed by atoms with Crippen molar-refractivity contribution in [2.45, 2.75) is 19.4 Å². The largest absolute Gasteiger partial charge is 0.461 e. The molecule has 6 heteroatoms. The molecule has 0 bridgehead atoms. The van der Waals surface area contributed by atoms with Crippen molar-refractivity contribution in [3.63, 3.8) is 0 Å². The van der Waals surface area contributed by atoms with Crippen LogP contribution < -0.4 is 5.32 Å². The highest BCUT2D eigenvalue weighted by atomic mass is 79.9. The molecule has 2 N–H and O–H groups in total. The van der Waals surface area contributed by atoms with E-state index in [1.807, 2.05) is 0 Å². The summed E-state index contributed by atoms with van der Waals surface area (Å²) in [5.74, 6) is -0.443. The molecule has 1 atom stereocenters. The fraction of sp³-hybridized carbons (Fsp3) is 0.600. The predicted octanol–water partition coefficient (Wildman–Crippen LogP) is 0.223. The van der Waals surface area contributed by atoms with Crippen molar-refractivity contribution in [2.75, 3.05) is 19.8 Å². The molecular formula is C10H18BrNO4. The second kappa shape index (κ2) is 10.8. The highest BCUT2D eigenvalue weighted by Crippen LogP contribution is 1.91. The molecule has 0 saturated heterocycles. The topological polar surface area (TPSA) is 75.6 Å². The lowest BCUT2D eigenvalue weighted by Gasteiger charge is -2.11. The van der Waals surface area contributed by atoms with Gasteiger partial charge in [0.25, 0.3) is 0 Å². The fourth-order valence-corrected chi connectivity index (χ4v) is 0.869. The molecule has 1 unspecified atom stereocenters. The highest BCUT2D eigenvalue weighted by Gasteiger charge is 2.06. The molecule has 0 heterocycles. The minimum atomic E-state index is -0.443. The smallest absolute Gasteiger partial charge is 0.333 e. The zero-order valence-electron chi connectivity index (χ0n) is 9.27. The normalized spacial score (nSPS) is 11.1. The van der Waals surface area contributed by atoms with E-state index in [4.69, 9.17) is 9.84 Å². The van der Waals surface area contributed by atoms with Gasteiger partial charge in [0.2, 0.25) is 0 Å². The molecule has 0 aromatic heterocycles. The van der Waals surface area contributed by atoms with Crippen LogP contribution in [0.1, 0.15) is 13.3 Å². The molecule has 94 valence electrons. The quantitative estimate of drug-likeness (QED) is 0.290. The van der Waals surface area contributed by atoms with Crippen molar-refractivity contribution in [3.05, 3.63) is 12.2 Å². The SMILES string of the molecule is Br.C=C(C)C(=O)OCCNC(C=O)CCO. The van der Waals surface area contributed by atoms with E-state index in [0.717, 1.165) is 6.29 Å². The third kappa shape index (κ3) is 8.58. The number of hydrogen-bond donors (Lipinski definition) is 2. The van der Waals surface area contributed by atoms with Gasteiger partial charge in [0.05, 0.1) is 6.04 Å². The Bertz CT molecular complexity index is 233. The molecule has 0 saturated carbocycles. The van der Waals surface area contributed by atoms with Crippen LogP contribution in [0.2, 0.25) is 0 Å². The molecule has 0 amide bonds. The van der Waals surface area contributed by atoms with Crippen molar-refractivity contribution in [1.29, 1.82) is 0 Å². The summed E-state index contributed by atoms with van der Waals surface area (Å²) in [5, 5.41) is 11.4. The Morgan fingerprint density at radius 1 is 1.62 bits per heavy atom. The molecule has 0 aromatic rings. The van der Waals surface area contributed by atoms with Gasteiger partial charge in [-0.05, 0) is 13.3 Å². The number of hydrogen-bond acceptors (Lipinski definition) is 5. The van der Waals surface area contributed by atoms with Crippen LogP contribution in [0.5, 0.6) is 0 Å². The van der Waals surface area contributed by atoms with E-state index < -0.39 is 12.0 Å². The van der Waals surface area contributed by atoms with Gasteiger partial charge in [-0.3, -0.25) is 0 Å². The van der Waals surface area contributed by atoms with E-state index >= 15 is 0 Å². The van der Waals surface area contributed by atoms with E-state index in [1.54, 1.807) is 6.92 Å². The number of ether oxygens (including phenoxy) is 1. The molecule has 0 rings (SSSR count). The minimum absolute atomic E-state index is 0. The molecule has 0 radical (unpaired) electrons. The maximum Gasteiger partial charge on any atom is 0.333 e. The number of carbonyl (C=O) groups is 2. The third-order valence-corrected chi connectivity index (χ3v) is 1.69. The maximum absolute atomic E-state index is 10.9. The van der Waals surface area contributed by atoms with Crippen molar-refractivity contribution in [2.24, 2.45) is 0 Å². The predicted molar refractivity (Wildman–Crippen MR) is 65.7 cm³/mol. The summed E-state index contributed by atoms with van der Waals surface area (Å²) in [5.41, 5.74) is 0.345. The number of carbonyl (C=O) groups excluding carboxylic acids is 2. The van der Waals surface area contributed by atoms with Gasteiger partial charge in [-0.2, -0.15) is 0 Å². The monoisotopic (exact) mass is 295 g/mol. The second-order valence-electron chi connectivity index (χ2n) is 3.13. The first kappa shape index (κ1) is 17.7. The van der Waals surface area contributed by atoms with Crippen LogP contribution in [0.15, 0.2) is 12.2 Å². The first-order valence-electron chi connectivity index (χ1n) is 4.74. The molecule has 0 aromatic carbocycles. The summed E-state index contributed by atoms with van der Waals surface area (Å²) in [7, 11) is 0. The highest BCUT2D eigenvalue weighted by molar-refractivity contribution is 8.93. The minimum Gasteiger partial charge on any atom is -0.461 e. The molecule has 0 aliphatic carbocycles. The van der Waals surface area contributed by atoms with Gasteiger partial charge >= 0.3 is 5.97 Å². The van der Waals surface area contributed by atoms with Gasteiger partial charge in [-0.15, -0.1) is 17.0 Å². The first-order chi connectivity index (χ1) is 7.11. The zero-order chi connectivity index (χ0) is 11.7. The fourth-order valence-electron chi connectivity index (χ4n) is 0.869. The summed E-state index contributed by atoms with van der Waals surface area (Å²) in [6, 6.07) is -0.390. The first-order valence-corrected chi connectivity index (χ1v) is 4.74. The number of esters is 1. The van der Waals surface area contributed by atoms with E-state index in [1.165, 1.54) is 0 Å². The lowest BCUT2D eigenvalue weighted by Crippen LogP contribution is -2.34. The Morgan fingerprint density at radius 3 is 2.69 bits per heavy atom. The Kier molecular flexibility index (Phi) is 11.9. The average Bonchev–Trinajstić information content (AvgIpc) is 2.22. The van der Waals surface area contributed by atoms with Crippen molar-refractivity contribution in [3.8, 4) is 0 Å². The Labute approximate surface area is 106 Å². The van der Waals surface area contributed by atoms with Crippen LogP contribution in [0, 0.1) is 0 Å². The zero-order valence-corrected chi connectivity index (χ0v) is 11.0. The summed E-state index contributed by atoms with van der Waals surface area (Å²) >= 11 is 0. The van der Waals surface area contributed by atoms with Crippen molar-refractivity contribution < 1.29 is 19.4 Å². The van der Waals surface area contributed by atoms with Crippen molar-refractivity contribution >= 4 is 29.2 Å². The molecule has 0 aliphatic heterocycles. The van der Waals surface area contributed by atoms with E-state index in [2.05, 4.69) is 11.9 Å². The number of aliphatic hydroxyl groups is 1. The molecular weight excluding hydrogens is 278 g/mol. The second-order valence-corrected chi connectivity index (χ2v) is 3.13. The van der Waals surface area contributed by atoms with E-state index in [-0.39, 0.29) is 30.2 Å². The maximum atomic E-state index is 10.9. The van der Waals surface area contributed by atoms with Crippen LogP contribution in [0.4, 0.5) is 0 Å². The third-order valence-electron chi connectivity index (χ3n) is 1.69. The Morgan fingerprint density at radius 2 is 2.25 bits per heavy atom. The van der Waals surface area contributed by atoms with Gasteiger partial charge in [-0.25, -0.2) is 4.79 Å². The van der Waals surface area contributed by atoms with Crippen LogP contribution in [0.25, 0.3) is 0 Å². The van der Waals surface area contributed by atoms with Crippen LogP contribution in [-0.4, -0.2) is 43.2 Å². The lowest BCUT2D eigenvalue weighted by atomic mass is 10.2. The van der Waals surface area contributed by atoms with Crippen LogP contribution >= 0.6 is 17.0 Å². The molecule has 0 aliphatic rings. The lowest BCUT2D eigenvalue weighted by molar-refractivity contribution is -0.138. The standard InChI is InChI=1S/C10H17NO4.BrH/c1-8(2)10(14)15-6-4-11-9(7-13)3-5-12;/h7,9,11-12H,1,3-6H2,2H3;1H. The molecule has 0 spiro atoms. The molecule has 0 fully saturated rings. The summed E-state index contributed by atoms with van der Waals surface area (Å²) < 4.78 is 4.80. The van der Waals surface area contributed by atoms with Gasteiger partial charge in [0.15, 0.2) is 0 Å². The van der Waals surface area contributed by atoms with Crippen molar-refractivity contribution in [1.82, 2.24) is 5.32 Å². The van der Waals surface area contributed by atoms with E-state index in [0.29, 0.717) is 18.5 Å². The Balaban J connectivity index is 0. The van der Waals surface area contributed by atoms with E-state index in [9.17, 15) is 9.59 Å². The average molecular weight is 296 g/mol. The number of rotatable bonds is 8. The van der Waals surface area contributed by atoms with Gasteiger partial charge in [0.1, 0.15) is 12.9 Å². The summed E-state index contributed by atoms with van der Waals surface area (Å²) in [6.07, 6.45) is 1.08. The van der Waals surface area contributed by atoms with Crippen LogP contribution in [0.3, 0.4) is 0 Å². The number of nitrogens with one attached hydrogen (secondary N) is 1.